The lowest BCUT2D eigenvalue weighted by molar-refractivity contribution is 0.0132. The van der Waals surface area contributed by atoms with Crippen molar-refractivity contribution in [2.45, 2.75) is 83.0 Å². The Balaban J connectivity index is 1.65. The summed E-state index contributed by atoms with van der Waals surface area (Å²) in [7, 11) is 0. The van der Waals surface area contributed by atoms with E-state index in [4.69, 9.17) is 5.73 Å². The van der Waals surface area contributed by atoms with Crippen LogP contribution in [0.2, 0.25) is 0 Å². The molecule has 1 saturated carbocycles. The van der Waals surface area contributed by atoms with Crippen molar-refractivity contribution in [3.05, 3.63) is 0 Å². The second kappa shape index (κ2) is 5.01. The molecule has 0 aromatic heterocycles. The van der Waals surface area contributed by atoms with Crippen LogP contribution in [0.1, 0.15) is 58.8 Å². The van der Waals surface area contributed by atoms with E-state index in [0.29, 0.717) is 29.5 Å². The highest BCUT2D eigenvalue weighted by Crippen LogP contribution is 2.41. The van der Waals surface area contributed by atoms with Gasteiger partial charge < -0.3 is 10.8 Å². The van der Waals surface area contributed by atoms with E-state index in [2.05, 4.69) is 18.7 Å². The Hall–Kier alpha value is -0.120. The largest absolute Gasteiger partial charge is 0.393 e. The Morgan fingerprint density at radius 2 is 1.79 bits per heavy atom. The highest BCUT2D eigenvalue weighted by Gasteiger charge is 2.43. The summed E-state index contributed by atoms with van der Waals surface area (Å²) in [5.41, 5.74) is 6.85. The summed E-state index contributed by atoms with van der Waals surface area (Å²) in [5, 5.41) is 9.90. The Morgan fingerprint density at radius 3 is 2.42 bits per heavy atom. The van der Waals surface area contributed by atoms with Gasteiger partial charge in [-0.25, -0.2) is 0 Å². The average molecular weight is 266 g/mol. The highest BCUT2D eigenvalue weighted by atomic mass is 16.3. The van der Waals surface area contributed by atoms with Crippen LogP contribution in [0.4, 0.5) is 0 Å². The molecule has 3 aliphatic rings. The zero-order chi connectivity index (χ0) is 13.6. The maximum atomic E-state index is 9.90. The number of aliphatic hydroxyl groups is 1. The molecule has 110 valence electrons. The average Bonchev–Trinajstić information content (AvgIpc) is 2.57. The number of nitrogens with zero attached hydrogens (tertiary/aromatic N) is 1. The van der Waals surface area contributed by atoms with Crippen LogP contribution in [-0.4, -0.2) is 40.8 Å². The van der Waals surface area contributed by atoms with E-state index in [1.54, 1.807) is 0 Å². The molecule has 4 unspecified atom stereocenters. The van der Waals surface area contributed by atoms with E-state index in [9.17, 15) is 5.11 Å². The van der Waals surface area contributed by atoms with Crippen LogP contribution in [0.3, 0.4) is 0 Å². The van der Waals surface area contributed by atoms with Gasteiger partial charge in [0.25, 0.3) is 0 Å². The lowest BCUT2D eigenvalue weighted by atomic mass is 9.70. The van der Waals surface area contributed by atoms with Crippen LogP contribution in [-0.2, 0) is 0 Å². The molecule has 19 heavy (non-hydrogen) atoms. The topological polar surface area (TPSA) is 49.5 Å². The quantitative estimate of drug-likeness (QED) is 0.805. The minimum atomic E-state index is -0.0507. The Morgan fingerprint density at radius 1 is 1.16 bits per heavy atom. The summed E-state index contributed by atoms with van der Waals surface area (Å²) in [6, 6.07) is 1.65. The fraction of sp³-hybridized carbons (Fsp3) is 1.00. The summed E-state index contributed by atoms with van der Waals surface area (Å²) < 4.78 is 0. The number of nitrogens with two attached hydrogens (primary N) is 1. The first-order valence-electron chi connectivity index (χ1n) is 8.14. The van der Waals surface area contributed by atoms with Gasteiger partial charge in [-0.15, -0.1) is 0 Å². The van der Waals surface area contributed by atoms with Crippen LogP contribution >= 0.6 is 0 Å². The molecule has 2 saturated heterocycles. The smallest absolute Gasteiger partial charge is 0.0570 e. The van der Waals surface area contributed by atoms with Crippen molar-refractivity contribution in [3.63, 3.8) is 0 Å². The molecule has 2 aliphatic heterocycles. The van der Waals surface area contributed by atoms with Gasteiger partial charge in [0.15, 0.2) is 0 Å². The SMILES string of the molecule is CC1(C)CCC(N)C(CN2C3CCC2CC(O)C3)C1. The van der Waals surface area contributed by atoms with Crippen molar-refractivity contribution in [1.29, 1.82) is 0 Å². The van der Waals surface area contributed by atoms with Crippen LogP contribution in [0, 0.1) is 11.3 Å². The maximum absolute atomic E-state index is 9.90. The summed E-state index contributed by atoms with van der Waals surface area (Å²) in [4.78, 5) is 2.69. The number of fused-ring (bicyclic) bond motifs is 2. The molecule has 3 fully saturated rings. The first-order valence-corrected chi connectivity index (χ1v) is 8.14. The van der Waals surface area contributed by atoms with Gasteiger partial charge in [-0.3, -0.25) is 4.90 Å². The molecule has 3 nitrogen and oxygen atoms in total. The van der Waals surface area contributed by atoms with Gasteiger partial charge in [0.05, 0.1) is 6.10 Å². The number of piperidine rings is 1. The first kappa shape index (κ1) is 13.8. The van der Waals surface area contributed by atoms with E-state index in [1.165, 1.54) is 38.6 Å². The van der Waals surface area contributed by atoms with Gasteiger partial charge in [-0.05, 0) is 56.3 Å². The second-order valence-electron chi connectivity index (χ2n) is 8.04. The third kappa shape index (κ3) is 2.84. The normalized spacial score (nSPS) is 46.4. The zero-order valence-electron chi connectivity index (χ0n) is 12.5. The second-order valence-corrected chi connectivity index (χ2v) is 8.04. The fourth-order valence-corrected chi connectivity index (χ4v) is 4.77. The molecule has 4 atom stereocenters. The minimum Gasteiger partial charge on any atom is -0.393 e. The summed E-state index contributed by atoms with van der Waals surface area (Å²) >= 11 is 0. The Labute approximate surface area is 117 Å². The van der Waals surface area contributed by atoms with Crippen molar-refractivity contribution in [2.24, 2.45) is 17.1 Å². The van der Waals surface area contributed by atoms with Crippen LogP contribution in [0.15, 0.2) is 0 Å². The van der Waals surface area contributed by atoms with E-state index < -0.39 is 0 Å². The molecule has 2 heterocycles. The van der Waals surface area contributed by atoms with E-state index in [-0.39, 0.29) is 6.10 Å². The highest BCUT2D eigenvalue weighted by molar-refractivity contribution is 4.98. The van der Waals surface area contributed by atoms with Crippen molar-refractivity contribution in [3.8, 4) is 0 Å². The number of hydrogen-bond donors (Lipinski definition) is 2. The maximum Gasteiger partial charge on any atom is 0.0570 e. The molecule has 3 rings (SSSR count). The first-order chi connectivity index (χ1) is 8.94. The molecule has 2 bridgehead atoms. The number of rotatable bonds is 2. The molecular formula is C16H30N2O. The summed E-state index contributed by atoms with van der Waals surface area (Å²) in [6.07, 6.45) is 8.22. The van der Waals surface area contributed by atoms with Crippen LogP contribution < -0.4 is 5.73 Å². The summed E-state index contributed by atoms with van der Waals surface area (Å²) in [6.45, 7) is 5.95. The monoisotopic (exact) mass is 266 g/mol. The molecule has 1 aliphatic carbocycles. The van der Waals surface area contributed by atoms with Crippen molar-refractivity contribution >= 4 is 0 Å². The van der Waals surface area contributed by atoms with E-state index in [1.807, 2.05) is 0 Å². The minimum absolute atomic E-state index is 0.0507. The van der Waals surface area contributed by atoms with Gasteiger partial charge in [0.1, 0.15) is 0 Å². The fourth-order valence-electron chi connectivity index (χ4n) is 4.77. The van der Waals surface area contributed by atoms with Crippen molar-refractivity contribution in [1.82, 2.24) is 4.90 Å². The van der Waals surface area contributed by atoms with Gasteiger partial charge in [-0.2, -0.15) is 0 Å². The Kier molecular flexibility index (Phi) is 3.65. The molecule has 0 aromatic carbocycles. The van der Waals surface area contributed by atoms with Crippen molar-refractivity contribution < 1.29 is 5.11 Å². The van der Waals surface area contributed by atoms with Gasteiger partial charge in [0.2, 0.25) is 0 Å². The molecule has 0 spiro atoms. The van der Waals surface area contributed by atoms with Gasteiger partial charge in [0, 0.05) is 24.7 Å². The molecule has 3 heteroatoms. The molecule has 0 aromatic rings. The molecular weight excluding hydrogens is 236 g/mol. The lowest BCUT2D eigenvalue weighted by Gasteiger charge is -2.44. The standard InChI is InChI=1S/C16H30N2O/c1-16(2)6-5-15(17)11(9-16)10-18-12-3-4-13(18)8-14(19)7-12/h11-15,19H,3-10,17H2,1-2H3. The predicted octanol–water partition coefficient (Wildman–Crippen LogP) is 2.13. The zero-order valence-corrected chi connectivity index (χ0v) is 12.5. The Bertz CT molecular complexity index is 317. The number of aliphatic hydroxyl groups excluding tert-OH is 1. The summed E-state index contributed by atoms with van der Waals surface area (Å²) in [5.74, 6) is 0.655. The van der Waals surface area contributed by atoms with E-state index in [0.717, 1.165) is 12.8 Å². The molecule has 3 N–H and O–H groups in total. The van der Waals surface area contributed by atoms with Gasteiger partial charge in [-0.1, -0.05) is 13.8 Å². The van der Waals surface area contributed by atoms with Crippen LogP contribution in [0.25, 0.3) is 0 Å². The predicted molar refractivity (Wildman–Crippen MR) is 77.9 cm³/mol. The molecule has 0 amide bonds. The number of hydrogen-bond acceptors (Lipinski definition) is 3. The molecule has 0 radical (unpaired) electrons. The van der Waals surface area contributed by atoms with E-state index >= 15 is 0 Å². The van der Waals surface area contributed by atoms with Crippen LogP contribution in [0.5, 0.6) is 0 Å². The van der Waals surface area contributed by atoms with Gasteiger partial charge >= 0.3 is 0 Å². The third-order valence-electron chi connectivity index (χ3n) is 5.88. The van der Waals surface area contributed by atoms with Crippen molar-refractivity contribution in [2.75, 3.05) is 6.54 Å². The third-order valence-corrected chi connectivity index (χ3v) is 5.88. The lowest BCUT2D eigenvalue weighted by Crippen LogP contribution is -2.51.